The van der Waals surface area contributed by atoms with Crippen LogP contribution in [0.3, 0.4) is 0 Å². The highest BCUT2D eigenvalue weighted by atomic mass is 14.9. The van der Waals surface area contributed by atoms with Crippen molar-refractivity contribution in [3.05, 3.63) is 36.0 Å². The summed E-state index contributed by atoms with van der Waals surface area (Å²) in [5.74, 6) is 0. The number of likely N-dealkylation sites (N-methyl/N-ethyl adjacent to an activating group) is 1. The lowest BCUT2D eigenvalue weighted by Gasteiger charge is -2.12. The Morgan fingerprint density at radius 1 is 1.58 bits per heavy atom. The molecule has 0 amide bonds. The molecule has 1 nitrogen and oxygen atoms in total. The summed E-state index contributed by atoms with van der Waals surface area (Å²) in [5, 5.41) is 3.40. The summed E-state index contributed by atoms with van der Waals surface area (Å²) in [5.41, 5.74) is 1.39. The van der Waals surface area contributed by atoms with Crippen LogP contribution in [0.2, 0.25) is 0 Å². The zero-order chi connectivity index (χ0) is 8.81. The number of hydrogen-bond donors (Lipinski definition) is 1. The van der Waals surface area contributed by atoms with E-state index in [-0.39, 0.29) is 1.43 Å². The lowest BCUT2D eigenvalue weighted by molar-refractivity contribution is 0.642. The van der Waals surface area contributed by atoms with Gasteiger partial charge in [0.1, 0.15) is 0 Å². The van der Waals surface area contributed by atoms with Crippen LogP contribution in [-0.4, -0.2) is 12.6 Å². The van der Waals surface area contributed by atoms with E-state index in [0.29, 0.717) is 6.04 Å². The Morgan fingerprint density at radius 2 is 2.42 bits per heavy atom. The molecule has 0 spiro atoms. The average Bonchev–Trinajstić information content (AvgIpc) is 2.32. The normalized spacial score (nSPS) is 18.7. The van der Waals surface area contributed by atoms with Crippen molar-refractivity contribution in [2.45, 2.75) is 26.3 Å². The lowest BCUT2D eigenvalue weighted by Crippen LogP contribution is -2.26. The maximum absolute atomic E-state index is 3.40. The predicted octanol–water partition coefficient (Wildman–Crippen LogP) is 2.67. The molecule has 0 heterocycles. The van der Waals surface area contributed by atoms with Crippen LogP contribution in [0.1, 0.15) is 21.7 Å². The van der Waals surface area contributed by atoms with Gasteiger partial charge in [0.15, 0.2) is 0 Å². The molecule has 1 N–H and O–H groups in total. The average molecular weight is 165 g/mol. The van der Waals surface area contributed by atoms with Gasteiger partial charge in [-0.15, -0.1) is 0 Å². The molecule has 0 aromatic carbocycles. The third kappa shape index (κ3) is 2.67. The van der Waals surface area contributed by atoms with Crippen LogP contribution in [-0.2, 0) is 0 Å². The van der Waals surface area contributed by atoms with Gasteiger partial charge in [-0.2, -0.15) is 0 Å². The van der Waals surface area contributed by atoms with Gasteiger partial charge in [0.25, 0.3) is 0 Å². The van der Waals surface area contributed by atoms with Gasteiger partial charge in [0.2, 0.25) is 0 Å². The SMILES string of the molecule is CCNC(C)C1=CCC=CC=C1.[HH]. The maximum Gasteiger partial charge on any atom is 0.0288 e. The first kappa shape index (κ1) is 9.27. The molecule has 0 fully saturated rings. The molecular formula is C11H19N. The third-order valence-electron chi connectivity index (χ3n) is 2.04. The summed E-state index contributed by atoms with van der Waals surface area (Å²) < 4.78 is 0. The van der Waals surface area contributed by atoms with Gasteiger partial charge in [-0.1, -0.05) is 37.3 Å². The highest BCUT2D eigenvalue weighted by Crippen LogP contribution is 2.09. The van der Waals surface area contributed by atoms with Crippen LogP contribution < -0.4 is 5.32 Å². The van der Waals surface area contributed by atoms with Gasteiger partial charge >= 0.3 is 0 Å². The first-order valence-corrected chi connectivity index (χ1v) is 4.61. The summed E-state index contributed by atoms with van der Waals surface area (Å²) in [6, 6.07) is 0.478. The Balaban J connectivity index is 0.00000144. The highest BCUT2D eigenvalue weighted by Gasteiger charge is 2.03. The molecule has 0 radical (unpaired) electrons. The molecule has 0 aromatic heterocycles. The Labute approximate surface area is 76.3 Å². The van der Waals surface area contributed by atoms with E-state index in [1.54, 1.807) is 0 Å². The van der Waals surface area contributed by atoms with Crippen molar-refractivity contribution in [3.63, 3.8) is 0 Å². The number of allylic oxidation sites excluding steroid dienone is 4. The maximum atomic E-state index is 3.40. The topological polar surface area (TPSA) is 12.0 Å². The molecule has 1 heteroatoms. The number of rotatable bonds is 3. The fourth-order valence-electron chi connectivity index (χ4n) is 1.34. The molecule has 68 valence electrons. The van der Waals surface area contributed by atoms with Crippen molar-refractivity contribution >= 4 is 0 Å². The van der Waals surface area contributed by atoms with E-state index in [4.69, 9.17) is 0 Å². The summed E-state index contributed by atoms with van der Waals surface area (Å²) in [4.78, 5) is 0. The zero-order valence-electron chi connectivity index (χ0n) is 7.88. The van der Waals surface area contributed by atoms with Gasteiger partial charge in [-0.25, -0.2) is 0 Å². The molecule has 1 aliphatic carbocycles. The smallest absolute Gasteiger partial charge is 0.0288 e. The Hall–Kier alpha value is -0.820. The van der Waals surface area contributed by atoms with Crippen LogP contribution in [0.4, 0.5) is 0 Å². The van der Waals surface area contributed by atoms with Crippen LogP contribution >= 0.6 is 0 Å². The van der Waals surface area contributed by atoms with Gasteiger partial charge < -0.3 is 5.32 Å². The second-order valence-electron chi connectivity index (χ2n) is 3.01. The minimum atomic E-state index is 0. The van der Waals surface area contributed by atoms with E-state index in [9.17, 15) is 0 Å². The molecule has 1 unspecified atom stereocenters. The van der Waals surface area contributed by atoms with Gasteiger partial charge in [0, 0.05) is 7.47 Å². The summed E-state index contributed by atoms with van der Waals surface area (Å²) in [7, 11) is 0. The molecule has 1 aliphatic rings. The highest BCUT2D eigenvalue weighted by molar-refractivity contribution is 5.29. The van der Waals surface area contributed by atoms with Gasteiger partial charge in [0.05, 0.1) is 0 Å². The van der Waals surface area contributed by atoms with Crippen molar-refractivity contribution in [3.8, 4) is 0 Å². The summed E-state index contributed by atoms with van der Waals surface area (Å²) >= 11 is 0. The van der Waals surface area contributed by atoms with Crippen molar-refractivity contribution in [1.82, 2.24) is 5.32 Å². The lowest BCUT2D eigenvalue weighted by atomic mass is 10.1. The third-order valence-corrected chi connectivity index (χ3v) is 2.04. The first-order chi connectivity index (χ1) is 5.84. The molecule has 0 aliphatic heterocycles. The van der Waals surface area contributed by atoms with Crippen molar-refractivity contribution in [2.24, 2.45) is 0 Å². The minimum absolute atomic E-state index is 0. The quantitative estimate of drug-likeness (QED) is 0.678. The molecule has 0 bridgehead atoms. The van der Waals surface area contributed by atoms with E-state index in [1.165, 1.54) is 5.57 Å². The molecule has 1 atom stereocenters. The van der Waals surface area contributed by atoms with Crippen molar-refractivity contribution < 1.29 is 1.43 Å². The summed E-state index contributed by atoms with van der Waals surface area (Å²) in [6.07, 6.45) is 11.9. The number of nitrogens with one attached hydrogen (secondary N) is 1. The standard InChI is InChI=1S/C11H17N.H2/c1-3-12-10(2)11-8-6-4-5-7-9-11;/h4-6,8-10,12H,3,7H2,1-2H3;1H. The molecular weight excluding hydrogens is 146 g/mol. The van der Waals surface area contributed by atoms with Crippen LogP contribution in [0.25, 0.3) is 0 Å². The van der Waals surface area contributed by atoms with Gasteiger partial charge in [-0.3, -0.25) is 0 Å². The van der Waals surface area contributed by atoms with E-state index in [1.807, 2.05) is 0 Å². The minimum Gasteiger partial charge on any atom is -0.310 e. The largest absolute Gasteiger partial charge is 0.310 e. The Kier molecular flexibility index (Phi) is 3.81. The monoisotopic (exact) mass is 165 g/mol. The molecule has 1 rings (SSSR count). The summed E-state index contributed by atoms with van der Waals surface area (Å²) in [6.45, 7) is 5.36. The molecule has 12 heavy (non-hydrogen) atoms. The van der Waals surface area contributed by atoms with Crippen LogP contribution in [0.15, 0.2) is 36.0 Å². The van der Waals surface area contributed by atoms with Crippen molar-refractivity contribution in [1.29, 1.82) is 0 Å². The molecule has 0 saturated heterocycles. The van der Waals surface area contributed by atoms with Crippen LogP contribution in [0.5, 0.6) is 0 Å². The second-order valence-corrected chi connectivity index (χ2v) is 3.01. The Morgan fingerprint density at radius 3 is 3.17 bits per heavy atom. The van der Waals surface area contributed by atoms with E-state index in [2.05, 4.69) is 49.5 Å². The van der Waals surface area contributed by atoms with E-state index < -0.39 is 0 Å². The number of hydrogen-bond acceptors (Lipinski definition) is 1. The molecule has 0 aromatic rings. The molecule has 0 saturated carbocycles. The zero-order valence-corrected chi connectivity index (χ0v) is 7.88. The fourth-order valence-corrected chi connectivity index (χ4v) is 1.34. The second kappa shape index (κ2) is 4.94. The first-order valence-electron chi connectivity index (χ1n) is 4.61. The van der Waals surface area contributed by atoms with Gasteiger partial charge in [-0.05, 0) is 25.5 Å². The van der Waals surface area contributed by atoms with Crippen LogP contribution in [0, 0.1) is 0 Å². The fraction of sp³-hybridized carbons (Fsp3) is 0.455. The van der Waals surface area contributed by atoms with E-state index >= 15 is 0 Å². The predicted molar refractivity (Wildman–Crippen MR) is 56.2 cm³/mol. The Bertz CT molecular complexity index is 216. The van der Waals surface area contributed by atoms with Crippen molar-refractivity contribution in [2.75, 3.05) is 6.54 Å². The van der Waals surface area contributed by atoms with E-state index in [0.717, 1.165) is 13.0 Å².